The van der Waals surface area contributed by atoms with Crippen LogP contribution in [0.3, 0.4) is 0 Å². The van der Waals surface area contributed by atoms with Gasteiger partial charge < -0.3 is 18.6 Å². The van der Waals surface area contributed by atoms with Crippen molar-refractivity contribution >= 4 is 11.7 Å². The van der Waals surface area contributed by atoms with Crippen molar-refractivity contribution in [3.63, 3.8) is 0 Å². The Labute approximate surface area is 177 Å². The molecule has 0 radical (unpaired) electrons. The topological polar surface area (TPSA) is 127 Å². The van der Waals surface area contributed by atoms with E-state index < -0.39 is 10.9 Å². The number of hydrogen-bond acceptors (Lipinski definition) is 9. The number of nitro groups is 1. The number of methoxy groups -OCH3 is 1. The lowest BCUT2D eigenvalue weighted by atomic mass is 10.2. The third-order valence-corrected chi connectivity index (χ3v) is 4.21. The summed E-state index contributed by atoms with van der Waals surface area (Å²) >= 11 is 0. The maximum Gasteiger partial charge on any atom is 0.360 e. The van der Waals surface area contributed by atoms with Gasteiger partial charge in [0.2, 0.25) is 5.89 Å². The molecular weight excluding hydrogens is 406 g/mol. The molecule has 2 heterocycles. The van der Waals surface area contributed by atoms with Crippen molar-refractivity contribution in [2.24, 2.45) is 0 Å². The molecule has 10 nitrogen and oxygen atoms in total. The highest BCUT2D eigenvalue weighted by Gasteiger charge is 2.14. The van der Waals surface area contributed by atoms with Crippen LogP contribution >= 0.6 is 0 Å². The maximum absolute atomic E-state index is 11.5. The van der Waals surface area contributed by atoms with Gasteiger partial charge in [-0.3, -0.25) is 15.1 Å². The number of hydrogen-bond donors (Lipinski definition) is 0. The van der Waals surface area contributed by atoms with Crippen molar-refractivity contribution in [3.05, 3.63) is 70.4 Å². The summed E-state index contributed by atoms with van der Waals surface area (Å²) in [6.07, 6.45) is 4.26. The smallest absolute Gasteiger partial charge is 0.360 e. The Morgan fingerprint density at radius 1 is 1.19 bits per heavy atom. The Morgan fingerprint density at radius 2 is 2.00 bits per heavy atom. The Morgan fingerprint density at radius 3 is 2.81 bits per heavy atom. The van der Waals surface area contributed by atoms with Gasteiger partial charge in [0, 0.05) is 24.4 Å². The molecule has 10 heteroatoms. The molecule has 0 aliphatic heterocycles. The first-order valence-electron chi connectivity index (χ1n) is 9.51. The molecule has 1 aromatic carbocycles. The number of carbonyl (C=O) groups is 1. The van der Waals surface area contributed by atoms with Crippen molar-refractivity contribution < 1.29 is 28.3 Å². The summed E-state index contributed by atoms with van der Waals surface area (Å²) in [6.45, 7) is 1.13. The number of pyridine rings is 1. The minimum atomic E-state index is -0.571. The van der Waals surface area contributed by atoms with Crippen molar-refractivity contribution in [1.82, 2.24) is 9.97 Å². The van der Waals surface area contributed by atoms with E-state index in [4.69, 9.17) is 13.9 Å². The zero-order chi connectivity index (χ0) is 22.1. The van der Waals surface area contributed by atoms with Gasteiger partial charge >= 0.3 is 11.7 Å². The molecule has 0 fully saturated rings. The van der Waals surface area contributed by atoms with Crippen LogP contribution in [0.5, 0.6) is 5.75 Å². The van der Waals surface area contributed by atoms with Crippen LogP contribution in [0.4, 0.5) is 5.69 Å². The van der Waals surface area contributed by atoms with Gasteiger partial charge in [-0.2, -0.15) is 0 Å². The summed E-state index contributed by atoms with van der Waals surface area (Å²) in [6, 6.07) is 9.77. The molecule has 0 amide bonds. The summed E-state index contributed by atoms with van der Waals surface area (Å²) in [5.41, 5.74) is 1.40. The van der Waals surface area contributed by atoms with E-state index in [0.717, 1.165) is 6.42 Å². The van der Waals surface area contributed by atoms with Gasteiger partial charge in [0.15, 0.2) is 11.4 Å². The first kappa shape index (κ1) is 21.9. The molecule has 3 aromatic rings. The molecular formula is C21H21N3O7. The van der Waals surface area contributed by atoms with E-state index in [0.29, 0.717) is 37.5 Å². The molecule has 3 rings (SSSR count). The number of unbranched alkanes of at least 4 members (excludes halogenated alkanes) is 1. The van der Waals surface area contributed by atoms with Crippen LogP contribution in [0.2, 0.25) is 0 Å². The van der Waals surface area contributed by atoms with Crippen LogP contribution in [0.25, 0.3) is 11.5 Å². The fourth-order valence-electron chi connectivity index (χ4n) is 2.69. The summed E-state index contributed by atoms with van der Waals surface area (Å²) in [5.74, 6) is -0.0222. The molecule has 0 spiro atoms. The molecule has 0 N–H and O–H groups in total. The molecule has 0 unspecified atom stereocenters. The Bertz CT molecular complexity index is 1040. The highest BCUT2D eigenvalue weighted by Crippen LogP contribution is 2.26. The minimum Gasteiger partial charge on any atom is -0.487 e. The quantitative estimate of drug-likeness (QED) is 0.194. The van der Waals surface area contributed by atoms with Gasteiger partial charge in [-0.25, -0.2) is 9.78 Å². The van der Waals surface area contributed by atoms with Gasteiger partial charge in [0.05, 0.1) is 30.9 Å². The van der Waals surface area contributed by atoms with Gasteiger partial charge in [0.1, 0.15) is 6.26 Å². The molecule has 2 aromatic heterocycles. The third-order valence-electron chi connectivity index (χ3n) is 4.21. The summed E-state index contributed by atoms with van der Waals surface area (Å²) in [7, 11) is 1.27. The average Bonchev–Trinajstić information content (AvgIpc) is 3.29. The standard InChI is InChI=1S/C21H21N3O7/c1-28-21(25)17-14-31-20(23-17)15-8-9-22-16(12-15)13-29-10-4-5-11-30-19-7-3-2-6-18(19)24(26)27/h2-3,6-9,12,14H,4-5,10-11,13H2,1H3. The van der Waals surface area contributed by atoms with E-state index in [1.807, 2.05) is 0 Å². The lowest BCUT2D eigenvalue weighted by Gasteiger charge is -2.07. The van der Waals surface area contributed by atoms with Gasteiger partial charge in [-0.15, -0.1) is 0 Å². The number of nitrogens with zero attached hydrogens (tertiary/aromatic N) is 3. The Hall–Kier alpha value is -3.79. The number of para-hydroxylation sites is 2. The predicted octanol–water partition coefficient (Wildman–Crippen LogP) is 3.81. The lowest BCUT2D eigenvalue weighted by Crippen LogP contribution is -2.03. The SMILES string of the molecule is COC(=O)c1coc(-c2ccnc(COCCCCOc3ccccc3[N+](=O)[O-])c2)n1. The number of nitro benzene ring substituents is 1. The highest BCUT2D eigenvalue weighted by atomic mass is 16.6. The second-order valence-corrected chi connectivity index (χ2v) is 6.40. The number of benzene rings is 1. The summed E-state index contributed by atoms with van der Waals surface area (Å²) < 4.78 is 21.1. The molecule has 0 saturated heterocycles. The van der Waals surface area contributed by atoms with E-state index in [9.17, 15) is 14.9 Å². The Balaban J connectivity index is 1.40. The molecule has 0 aliphatic rings. The average molecular weight is 427 g/mol. The predicted molar refractivity (Wildman–Crippen MR) is 109 cm³/mol. The van der Waals surface area contributed by atoms with Crippen LogP contribution in [-0.2, 0) is 16.1 Å². The van der Waals surface area contributed by atoms with Crippen molar-refractivity contribution in [2.75, 3.05) is 20.3 Å². The van der Waals surface area contributed by atoms with E-state index >= 15 is 0 Å². The third kappa shape index (κ3) is 6.09. The molecule has 0 saturated carbocycles. The van der Waals surface area contributed by atoms with Gasteiger partial charge in [0.25, 0.3) is 0 Å². The summed E-state index contributed by atoms with van der Waals surface area (Å²) in [5, 5.41) is 11.0. The van der Waals surface area contributed by atoms with Crippen molar-refractivity contribution in [2.45, 2.75) is 19.4 Å². The highest BCUT2D eigenvalue weighted by molar-refractivity contribution is 5.87. The van der Waals surface area contributed by atoms with Crippen LogP contribution in [0, 0.1) is 10.1 Å². The van der Waals surface area contributed by atoms with Crippen molar-refractivity contribution in [3.8, 4) is 17.2 Å². The second kappa shape index (κ2) is 10.8. The molecule has 0 atom stereocenters. The van der Waals surface area contributed by atoms with E-state index in [1.54, 1.807) is 36.5 Å². The van der Waals surface area contributed by atoms with E-state index in [-0.39, 0.29) is 23.0 Å². The normalized spacial score (nSPS) is 10.6. The molecule has 0 bridgehead atoms. The first-order chi connectivity index (χ1) is 15.1. The number of oxazole rings is 1. The molecule has 0 aliphatic carbocycles. The van der Waals surface area contributed by atoms with Gasteiger partial charge in [-0.1, -0.05) is 12.1 Å². The molecule has 31 heavy (non-hydrogen) atoms. The zero-order valence-corrected chi connectivity index (χ0v) is 16.9. The monoisotopic (exact) mass is 427 g/mol. The zero-order valence-electron chi connectivity index (χ0n) is 16.9. The number of rotatable bonds is 11. The number of ether oxygens (including phenoxy) is 3. The minimum absolute atomic E-state index is 0.0468. The largest absolute Gasteiger partial charge is 0.487 e. The first-order valence-corrected chi connectivity index (χ1v) is 9.51. The Kier molecular flexibility index (Phi) is 7.66. The molecule has 162 valence electrons. The maximum atomic E-state index is 11.5. The second-order valence-electron chi connectivity index (χ2n) is 6.40. The van der Waals surface area contributed by atoms with Crippen LogP contribution in [0.15, 0.2) is 53.3 Å². The fraction of sp³-hybridized carbons (Fsp3) is 0.286. The van der Waals surface area contributed by atoms with Gasteiger partial charge in [-0.05, 0) is 31.0 Å². The van der Waals surface area contributed by atoms with Crippen molar-refractivity contribution in [1.29, 1.82) is 0 Å². The van der Waals surface area contributed by atoms with Crippen LogP contribution in [0.1, 0.15) is 29.0 Å². The number of carbonyl (C=O) groups excluding carboxylic acids is 1. The summed E-state index contributed by atoms with van der Waals surface area (Å²) in [4.78, 5) is 30.3. The van der Waals surface area contributed by atoms with Crippen LogP contribution < -0.4 is 4.74 Å². The number of esters is 1. The fourth-order valence-corrected chi connectivity index (χ4v) is 2.69. The van der Waals surface area contributed by atoms with E-state index in [1.165, 1.54) is 19.4 Å². The lowest BCUT2D eigenvalue weighted by molar-refractivity contribution is -0.385. The van der Waals surface area contributed by atoms with E-state index in [2.05, 4.69) is 14.7 Å². The van der Waals surface area contributed by atoms with Crippen LogP contribution in [-0.4, -0.2) is 41.2 Å². The number of aromatic nitrogens is 2.